The van der Waals surface area contributed by atoms with Gasteiger partial charge in [0.05, 0.1) is 11.7 Å². The van der Waals surface area contributed by atoms with Crippen molar-refractivity contribution in [2.45, 2.75) is 12.5 Å². The Balaban J connectivity index is 2.21. The predicted molar refractivity (Wildman–Crippen MR) is 61.2 cm³/mol. The van der Waals surface area contributed by atoms with Gasteiger partial charge < -0.3 is 5.73 Å². The zero-order chi connectivity index (χ0) is 13.1. The summed E-state index contributed by atoms with van der Waals surface area (Å²) in [4.78, 5) is 3.83. The summed E-state index contributed by atoms with van der Waals surface area (Å²) in [5.74, 6) is -1.89. The monoisotopic (exact) mass is 252 g/mol. The van der Waals surface area contributed by atoms with E-state index < -0.39 is 23.5 Å². The van der Waals surface area contributed by atoms with Crippen molar-refractivity contribution < 1.29 is 13.2 Å². The summed E-state index contributed by atoms with van der Waals surface area (Å²) in [6.07, 6.45) is 1.47. The lowest BCUT2D eigenvalue weighted by molar-refractivity contribution is 0.541. The molecule has 0 radical (unpaired) electrons. The Labute approximate surface area is 102 Å². The number of hydrogen-bond acceptors (Lipinski definition) is 2. The van der Waals surface area contributed by atoms with Gasteiger partial charge in [-0.05, 0) is 30.2 Å². The summed E-state index contributed by atoms with van der Waals surface area (Å²) in [5, 5.41) is 0. The molecule has 94 valence electrons. The Morgan fingerprint density at radius 1 is 1.11 bits per heavy atom. The van der Waals surface area contributed by atoms with Crippen LogP contribution in [0.2, 0.25) is 0 Å². The number of nitrogens with zero attached hydrogens (tertiary/aromatic N) is 1. The van der Waals surface area contributed by atoms with E-state index in [0.717, 1.165) is 12.1 Å². The minimum Gasteiger partial charge on any atom is -0.322 e. The third kappa shape index (κ3) is 2.68. The minimum atomic E-state index is -0.772. The van der Waals surface area contributed by atoms with Crippen LogP contribution in [0, 0.1) is 17.5 Å². The van der Waals surface area contributed by atoms with Gasteiger partial charge >= 0.3 is 0 Å². The molecule has 0 bridgehead atoms. The summed E-state index contributed by atoms with van der Waals surface area (Å²) in [6, 6.07) is 5.13. The fourth-order valence-corrected chi connectivity index (χ4v) is 1.69. The van der Waals surface area contributed by atoms with E-state index in [1.165, 1.54) is 24.4 Å². The molecule has 1 unspecified atom stereocenters. The molecule has 2 nitrogen and oxygen atoms in total. The molecule has 1 aromatic carbocycles. The van der Waals surface area contributed by atoms with Gasteiger partial charge in [-0.15, -0.1) is 0 Å². The minimum absolute atomic E-state index is 0.0556. The van der Waals surface area contributed by atoms with Gasteiger partial charge in [-0.3, -0.25) is 4.98 Å². The molecule has 0 aliphatic heterocycles. The van der Waals surface area contributed by atoms with Crippen LogP contribution in [-0.2, 0) is 6.42 Å². The van der Waals surface area contributed by atoms with Crippen LogP contribution in [-0.4, -0.2) is 4.98 Å². The molecule has 0 fully saturated rings. The average Bonchev–Trinajstić information content (AvgIpc) is 2.33. The van der Waals surface area contributed by atoms with Crippen LogP contribution in [0.3, 0.4) is 0 Å². The van der Waals surface area contributed by atoms with Crippen molar-refractivity contribution in [3.63, 3.8) is 0 Å². The van der Waals surface area contributed by atoms with Gasteiger partial charge in [-0.25, -0.2) is 13.2 Å². The molecule has 0 amide bonds. The van der Waals surface area contributed by atoms with Gasteiger partial charge in [-0.1, -0.05) is 6.07 Å². The lowest BCUT2D eigenvalue weighted by Crippen LogP contribution is -2.17. The van der Waals surface area contributed by atoms with Crippen molar-refractivity contribution >= 4 is 0 Å². The van der Waals surface area contributed by atoms with E-state index in [-0.39, 0.29) is 17.7 Å². The van der Waals surface area contributed by atoms with Gasteiger partial charge in [0, 0.05) is 12.3 Å². The molecular formula is C13H11F3N2. The van der Waals surface area contributed by atoms with E-state index in [4.69, 9.17) is 5.73 Å². The molecule has 0 saturated carbocycles. The molecule has 1 atom stereocenters. The number of hydrogen-bond donors (Lipinski definition) is 1. The van der Waals surface area contributed by atoms with E-state index in [1.807, 2.05) is 0 Å². The van der Waals surface area contributed by atoms with Gasteiger partial charge in [0.25, 0.3) is 0 Å². The Morgan fingerprint density at radius 3 is 2.56 bits per heavy atom. The first-order chi connectivity index (χ1) is 8.58. The van der Waals surface area contributed by atoms with Crippen molar-refractivity contribution in [1.29, 1.82) is 0 Å². The summed E-state index contributed by atoms with van der Waals surface area (Å²) in [6.45, 7) is 0. The van der Waals surface area contributed by atoms with E-state index in [2.05, 4.69) is 4.98 Å². The second kappa shape index (κ2) is 5.18. The summed E-state index contributed by atoms with van der Waals surface area (Å²) in [7, 11) is 0. The standard InChI is InChI=1S/C13H11F3N2/c14-9-4-3-8(11(16)7-9)6-12(17)13-10(15)2-1-5-18-13/h1-5,7,12H,6,17H2. The van der Waals surface area contributed by atoms with Crippen LogP contribution < -0.4 is 5.73 Å². The molecule has 1 heterocycles. The maximum atomic E-state index is 13.4. The van der Waals surface area contributed by atoms with E-state index in [0.29, 0.717) is 0 Å². The number of halogens is 3. The molecule has 0 aliphatic carbocycles. The van der Waals surface area contributed by atoms with E-state index in [9.17, 15) is 13.2 Å². The predicted octanol–water partition coefficient (Wildman–Crippen LogP) is 2.74. The summed E-state index contributed by atoms with van der Waals surface area (Å²) < 4.78 is 39.6. The first kappa shape index (κ1) is 12.6. The fraction of sp³-hybridized carbons (Fsp3) is 0.154. The Hall–Kier alpha value is -1.88. The SMILES string of the molecule is NC(Cc1ccc(F)cc1F)c1ncccc1F. The smallest absolute Gasteiger partial charge is 0.146 e. The van der Waals surface area contributed by atoms with E-state index in [1.54, 1.807) is 0 Å². The molecule has 2 N–H and O–H groups in total. The van der Waals surface area contributed by atoms with E-state index >= 15 is 0 Å². The molecule has 5 heteroatoms. The van der Waals surface area contributed by atoms with Crippen LogP contribution in [0.5, 0.6) is 0 Å². The highest BCUT2D eigenvalue weighted by Crippen LogP contribution is 2.19. The van der Waals surface area contributed by atoms with Crippen LogP contribution in [0.25, 0.3) is 0 Å². The zero-order valence-electron chi connectivity index (χ0n) is 9.41. The van der Waals surface area contributed by atoms with Crippen LogP contribution >= 0.6 is 0 Å². The van der Waals surface area contributed by atoms with Crippen LogP contribution in [0.1, 0.15) is 17.3 Å². The maximum Gasteiger partial charge on any atom is 0.146 e. The van der Waals surface area contributed by atoms with Gasteiger partial charge in [0.15, 0.2) is 0 Å². The molecule has 0 spiro atoms. The molecule has 18 heavy (non-hydrogen) atoms. The van der Waals surface area contributed by atoms with Gasteiger partial charge in [0.1, 0.15) is 17.5 Å². The van der Waals surface area contributed by atoms with Crippen LogP contribution in [0.4, 0.5) is 13.2 Å². The van der Waals surface area contributed by atoms with Crippen molar-refractivity contribution in [3.05, 3.63) is 65.2 Å². The van der Waals surface area contributed by atoms with Crippen molar-refractivity contribution in [2.75, 3.05) is 0 Å². The molecule has 0 saturated heterocycles. The normalized spacial score (nSPS) is 12.4. The summed E-state index contributed by atoms with van der Waals surface area (Å²) >= 11 is 0. The zero-order valence-corrected chi connectivity index (χ0v) is 9.41. The second-order valence-corrected chi connectivity index (χ2v) is 3.92. The quantitative estimate of drug-likeness (QED) is 0.912. The number of pyridine rings is 1. The fourth-order valence-electron chi connectivity index (χ4n) is 1.69. The third-order valence-corrected chi connectivity index (χ3v) is 2.59. The molecule has 2 rings (SSSR count). The number of aromatic nitrogens is 1. The van der Waals surface area contributed by atoms with Crippen molar-refractivity contribution in [3.8, 4) is 0 Å². The molecular weight excluding hydrogens is 241 g/mol. The Bertz CT molecular complexity index is 558. The highest BCUT2D eigenvalue weighted by Gasteiger charge is 2.15. The Kier molecular flexibility index (Phi) is 3.62. The average molecular weight is 252 g/mol. The maximum absolute atomic E-state index is 13.4. The highest BCUT2D eigenvalue weighted by molar-refractivity contribution is 5.22. The highest BCUT2D eigenvalue weighted by atomic mass is 19.1. The topological polar surface area (TPSA) is 38.9 Å². The van der Waals surface area contributed by atoms with Crippen LogP contribution in [0.15, 0.2) is 36.5 Å². The lowest BCUT2D eigenvalue weighted by Gasteiger charge is -2.12. The van der Waals surface area contributed by atoms with Crippen molar-refractivity contribution in [2.24, 2.45) is 5.73 Å². The van der Waals surface area contributed by atoms with Gasteiger partial charge in [0.2, 0.25) is 0 Å². The number of rotatable bonds is 3. The largest absolute Gasteiger partial charge is 0.322 e. The lowest BCUT2D eigenvalue weighted by atomic mass is 10.0. The third-order valence-electron chi connectivity index (χ3n) is 2.59. The molecule has 0 aliphatic rings. The second-order valence-electron chi connectivity index (χ2n) is 3.92. The number of benzene rings is 1. The molecule has 2 aromatic rings. The van der Waals surface area contributed by atoms with Crippen molar-refractivity contribution in [1.82, 2.24) is 4.98 Å². The molecule has 1 aromatic heterocycles. The van der Waals surface area contributed by atoms with Gasteiger partial charge in [-0.2, -0.15) is 0 Å². The number of nitrogens with two attached hydrogens (primary N) is 1. The first-order valence-electron chi connectivity index (χ1n) is 5.38. The Morgan fingerprint density at radius 2 is 1.89 bits per heavy atom. The summed E-state index contributed by atoms with van der Waals surface area (Å²) in [5.41, 5.74) is 6.07. The first-order valence-corrected chi connectivity index (χ1v) is 5.38.